The molecule has 0 aliphatic heterocycles. The van der Waals surface area contributed by atoms with E-state index in [4.69, 9.17) is 14.2 Å². The van der Waals surface area contributed by atoms with Crippen molar-refractivity contribution in [2.24, 2.45) is 0 Å². The first-order chi connectivity index (χ1) is 32.5. The Hall–Kier alpha value is -3.15. The quantitative estimate of drug-likeness (QED) is 0.0262. The van der Waals surface area contributed by atoms with Crippen LogP contribution in [-0.2, 0) is 28.6 Å². The minimum atomic E-state index is -0.791. The number of carbonyl (C=O) groups excluding carboxylic acids is 3. The average Bonchev–Trinajstić information content (AvgIpc) is 3.31. The summed E-state index contributed by atoms with van der Waals surface area (Å²) < 4.78 is 16.8. The number of hydrogen-bond acceptors (Lipinski definition) is 6. The molecule has 66 heavy (non-hydrogen) atoms. The van der Waals surface area contributed by atoms with Crippen molar-refractivity contribution in [1.82, 2.24) is 0 Å². The zero-order chi connectivity index (χ0) is 47.9. The van der Waals surface area contributed by atoms with Gasteiger partial charge in [-0.3, -0.25) is 14.4 Å². The number of carbonyl (C=O) groups is 3. The third-order valence-electron chi connectivity index (χ3n) is 11.9. The molecule has 1 unspecified atom stereocenters. The molecule has 0 radical (unpaired) electrons. The van der Waals surface area contributed by atoms with Crippen LogP contribution in [0.5, 0.6) is 0 Å². The van der Waals surface area contributed by atoms with E-state index in [0.29, 0.717) is 19.3 Å². The van der Waals surface area contributed by atoms with Gasteiger partial charge in [-0.1, -0.05) is 235 Å². The fourth-order valence-electron chi connectivity index (χ4n) is 7.76. The smallest absolute Gasteiger partial charge is 0.306 e. The number of unbranched alkanes of at least 4 members (excludes halogenated alkanes) is 27. The molecule has 0 heterocycles. The Morgan fingerprint density at radius 1 is 0.318 bits per heavy atom. The molecular formula is C60H104O6. The van der Waals surface area contributed by atoms with Crippen LogP contribution in [0.4, 0.5) is 0 Å². The number of allylic oxidation sites excluding steroid dienone is 12. The van der Waals surface area contributed by atoms with Crippen LogP contribution in [0, 0.1) is 0 Å². The van der Waals surface area contributed by atoms with Crippen molar-refractivity contribution in [3.8, 4) is 0 Å². The van der Waals surface area contributed by atoms with Crippen molar-refractivity contribution < 1.29 is 28.6 Å². The van der Waals surface area contributed by atoms with Gasteiger partial charge in [0.05, 0.1) is 0 Å². The summed E-state index contributed by atoms with van der Waals surface area (Å²) in [5.41, 5.74) is 0. The molecule has 0 N–H and O–H groups in total. The predicted molar refractivity (Wildman–Crippen MR) is 284 cm³/mol. The molecule has 0 rings (SSSR count). The Labute approximate surface area is 408 Å². The van der Waals surface area contributed by atoms with Gasteiger partial charge in [-0.15, -0.1) is 0 Å². The lowest BCUT2D eigenvalue weighted by molar-refractivity contribution is -0.167. The van der Waals surface area contributed by atoms with Gasteiger partial charge in [-0.05, 0) is 89.9 Å². The Kier molecular flexibility index (Phi) is 51.9. The van der Waals surface area contributed by atoms with E-state index in [0.717, 1.165) is 103 Å². The summed E-state index contributed by atoms with van der Waals surface area (Å²) in [5.74, 6) is -0.920. The lowest BCUT2D eigenvalue weighted by Crippen LogP contribution is -2.30. The number of hydrogen-bond donors (Lipinski definition) is 0. The fraction of sp³-hybridized carbons (Fsp3) is 0.750. The van der Waals surface area contributed by atoms with E-state index in [1.54, 1.807) is 0 Å². The van der Waals surface area contributed by atoms with Crippen LogP contribution in [0.2, 0.25) is 0 Å². The molecule has 380 valence electrons. The maximum absolute atomic E-state index is 12.8. The molecule has 0 aromatic heterocycles. The van der Waals surface area contributed by atoms with Crippen molar-refractivity contribution in [3.05, 3.63) is 72.9 Å². The van der Waals surface area contributed by atoms with Crippen LogP contribution >= 0.6 is 0 Å². The second-order valence-corrected chi connectivity index (χ2v) is 18.5. The van der Waals surface area contributed by atoms with Crippen molar-refractivity contribution in [1.29, 1.82) is 0 Å². The summed E-state index contributed by atoms with van der Waals surface area (Å²) in [6.07, 6.45) is 68.9. The molecular weight excluding hydrogens is 817 g/mol. The van der Waals surface area contributed by atoms with Crippen LogP contribution in [0.25, 0.3) is 0 Å². The van der Waals surface area contributed by atoms with Crippen LogP contribution < -0.4 is 0 Å². The third-order valence-corrected chi connectivity index (χ3v) is 11.9. The summed E-state index contributed by atoms with van der Waals surface area (Å²) in [6.45, 7) is 6.49. The molecule has 6 heteroatoms. The molecule has 0 fully saturated rings. The third kappa shape index (κ3) is 51.8. The zero-order valence-corrected chi connectivity index (χ0v) is 43.4. The van der Waals surface area contributed by atoms with Crippen molar-refractivity contribution >= 4 is 17.9 Å². The summed E-state index contributed by atoms with van der Waals surface area (Å²) in [7, 11) is 0. The van der Waals surface area contributed by atoms with Crippen LogP contribution in [-0.4, -0.2) is 37.2 Å². The Bertz CT molecular complexity index is 1240. The SMILES string of the molecule is CC/C=C\C/C=C\C/C=C\CCCCCC(=O)OC(COC(=O)CCCCCCCCCC/C=C\C/C=C\C/C=C\CCCCCCC)COC(=O)CCCCCCCCCCCCCC. The van der Waals surface area contributed by atoms with Crippen LogP contribution in [0.1, 0.15) is 271 Å². The van der Waals surface area contributed by atoms with Gasteiger partial charge in [0.15, 0.2) is 6.10 Å². The highest BCUT2D eigenvalue weighted by Gasteiger charge is 2.19. The predicted octanol–water partition coefficient (Wildman–Crippen LogP) is 18.6. The Balaban J connectivity index is 4.33. The fourth-order valence-corrected chi connectivity index (χ4v) is 7.76. The summed E-state index contributed by atoms with van der Waals surface area (Å²) in [6, 6.07) is 0. The van der Waals surface area contributed by atoms with Gasteiger partial charge in [0.2, 0.25) is 0 Å². The van der Waals surface area contributed by atoms with Crippen molar-refractivity contribution in [3.63, 3.8) is 0 Å². The van der Waals surface area contributed by atoms with Gasteiger partial charge in [-0.2, -0.15) is 0 Å². The molecule has 0 saturated heterocycles. The minimum Gasteiger partial charge on any atom is -0.462 e. The molecule has 1 atom stereocenters. The van der Waals surface area contributed by atoms with E-state index in [2.05, 4.69) is 93.7 Å². The molecule has 0 aliphatic carbocycles. The first-order valence-electron chi connectivity index (χ1n) is 27.9. The lowest BCUT2D eigenvalue weighted by Gasteiger charge is -2.18. The van der Waals surface area contributed by atoms with Gasteiger partial charge in [-0.25, -0.2) is 0 Å². The topological polar surface area (TPSA) is 78.9 Å². The van der Waals surface area contributed by atoms with E-state index < -0.39 is 6.10 Å². The maximum atomic E-state index is 12.8. The second-order valence-electron chi connectivity index (χ2n) is 18.5. The Morgan fingerprint density at radius 3 is 0.939 bits per heavy atom. The highest BCUT2D eigenvalue weighted by Crippen LogP contribution is 2.15. The van der Waals surface area contributed by atoms with E-state index in [1.165, 1.54) is 128 Å². The molecule has 6 nitrogen and oxygen atoms in total. The zero-order valence-electron chi connectivity index (χ0n) is 43.4. The molecule has 0 aliphatic rings. The molecule has 0 aromatic carbocycles. The monoisotopic (exact) mass is 921 g/mol. The first kappa shape index (κ1) is 62.8. The number of rotatable bonds is 50. The first-order valence-corrected chi connectivity index (χ1v) is 27.9. The van der Waals surface area contributed by atoms with Crippen LogP contribution in [0.3, 0.4) is 0 Å². The highest BCUT2D eigenvalue weighted by atomic mass is 16.6. The lowest BCUT2D eigenvalue weighted by atomic mass is 10.0. The van der Waals surface area contributed by atoms with E-state index >= 15 is 0 Å². The number of esters is 3. The normalized spacial score (nSPS) is 12.6. The molecule has 0 aromatic rings. The van der Waals surface area contributed by atoms with Gasteiger partial charge in [0, 0.05) is 19.3 Å². The molecule has 0 spiro atoms. The van der Waals surface area contributed by atoms with Gasteiger partial charge < -0.3 is 14.2 Å². The van der Waals surface area contributed by atoms with Gasteiger partial charge >= 0.3 is 17.9 Å². The average molecular weight is 921 g/mol. The Morgan fingerprint density at radius 2 is 0.591 bits per heavy atom. The minimum absolute atomic E-state index is 0.0880. The van der Waals surface area contributed by atoms with Gasteiger partial charge in [0.1, 0.15) is 13.2 Å². The molecule has 0 bridgehead atoms. The molecule has 0 saturated carbocycles. The summed E-state index contributed by atoms with van der Waals surface area (Å²) in [4.78, 5) is 38.0. The summed E-state index contributed by atoms with van der Waals surface area (Å²) >= 11 is 0. The maximum Gasteiger partial charge on any atom is 0.306 e. The van der Waals surface area contributed by atoms with Crippen LogP contribution in [0.15, 0.2) is 72.9 Å². The highest BCUT2D eigenvalue weighted by molar-refractivity contribution is 5.71. The largest absolute Gasteiger partial charge is 0.462 e. The van der Waals surface area contributed by atoms with Crippen molar-refractivity contribution in [2.75, 3.05) is 13.2 Å². The molecule has 0 amide bonds. The number of ether oxygens (including phenoxy) is 3. The summed E-state index contributed by atoms with van der Waals surface area (Å²) in [5, 5.41) is 0. The standard InChI is InChI=1S/C60H104O6/c1-4-7-10-13-16-19-22-25-26-27-28-29-30-31-32-33-34-36-38-41-44-47-50-53-59(62)65-56-57(55-64-58(61)52-49-46-43-40-37-24-21-18-15-12-9-6-3)66-60(63)54-51-48-45-42-39-35-23-20-17-14-11-8-5-2/h8,11,17,20,22,25,27-28,30-31,35,39,57H,4-7,9-10,12-16,18-19,21,23-24,26,29,32-34,36-38,40-56H2,1-3H3/b11-8-,20-17-,25-22-,28-27-,31-30-,39-35-. The van der Waals surface area contributed by atoms with E-state index in [-0.39, 0.29) is 31.1 Å². The van der Waals surface area contributed by atoms with Gasteiger partial charge in [0.25, 0.3) is 0 Å². The van der Waals surface area contributed by atoms with Crippen molar-refractivity contribution in [2.45, 2.75) is 277 Å². The second kappa shape index (κ2) is 54.5. The van der Waals surface area contributed by atoms with E-state index in [9.17, 15) is 14.4 Å². The van der Waals surface area contributed by atoms with E-state index in [1.807, 2.05) is 0 Å².